The van der Waals surface area contributed by atoms with Crippen LogP contribution in [0.3, 0.4) is 0 Å². The number of methoxy groups -OCH3 is 1. The third-order valence-corrected chi connectivity index (χ3v) is 3.11. The maximum absolute atomic E-state index is 13.3. The van der Waals surface area contributed by atoms with E-state index >= 15 is 0 Å². The minimum atomic E-state index is -0.404. The number of carbonyl (C=O) groups excluding carboxylic acids is 1. The second kappa shape index (κ2) is 6.92. The smallest absolute Gasteiger partial charge is 0.245 e. The van der Waals surface area contributed by atoms with Crippen molar-refractivity contribution in [3.63, 3.8) is 0 Å². The van der Waals surface area contributed by atoms with Crippen LogP contribution in [0.15, 0.2) is 24.3 Å². The number of nitrogens with one attached hydrogen (secondary N) is 2. The molecular formula is C12H13FN4O2S. The lowest BCUT2D eigenvalue weighted by molar-refractivity contribution is -0.114. The number of nitrogens with zero attached hydrogens (tertiary/aromatic N) is 2. The SMILES string of the molecule is COCc1nnc(NC(=O)CNc2ccccc2F)s1. The Morgan fingerprint density at radius 2 is 2.20 bits per heavy atom. The van der Waals surface area contributed by atoms with Gasteiger partial charge in [-0.15, -0.1) is 10.2 Å². The predicted octanol–water partition coefficient (Wildman–Crippen LogP) is 1.87. The number of para-hydroxylation sites is 1. The zero-order valence-corrected chi connectivity index (χ0v) is 11.5. The molecule has 0 spiro atoms. The summed E-state index contributed by atoms with van der Waals surface area (Å²) in [6.45, 7) is 0.293. The summed E-state index contributed by atoms with van der Waals surface area (Å²) < 4.78 is 18.2. The Bertz CT molecular complexity index is 590. The molecule has 0 fully saturated rings. The highest BCUT2D eigenvalue weighted by Gasteiger charge is 2.08. The van der Waals surface area contributed by atoms with Crippen LogP contribution in [-0.4, -0.2) is 29.8 Å². The summed E-state index contributed by atoms with van der Waals surface area (Å²) in [4.78, 5) is 11.7. The predicted molar refractivity (Wildman–Crippen MR) is 74.1 cm³/mol. The molecule has 6 nitrogen and oxygen atoms in total. The van der Waals surface area contributed by atoms with Crippen LogP contribution in [0.2, 0.25) is 0 Å². The van der Waals surface area contributed by atoms with Crippen molar-refractivity contribution < 1.29 is 13.9 Å². The van der Waals surface area contributed by atoms with E-state index in [1.54, 1.807) is 25.3 Å². The van der Waals surface area contributed by atoms with E-state index in [1.165, 1.54) is 17.4 Å². The minimum Gasteiger partial charge on any atom is -0.377 e. The largest absolute Gasteiger partial charge is 0.377 e. The van der Waals surface area contributed by atoms with Crippen LogP contribution in [0, 0.1) is 5.82 Å². The average Bonchev–Trinajstić information content (AvgIpc) is 2.85. The van der Waals surface area contributed by atoms with Crippen molar-refractivity contribution in [2.24, 2.45) is 0 Å². The molecule has 0 aliphatic rings. The topological polar surface area (TPSA) is 76.1 Å². The first kappa shape index (κ1) is 14.4. The van der Waals surface area contributed by atoms with E-state index in [2.05, 4.69) is 20.8 Å². The minimum absolute atomic E-state index is 0.0554. The first-order valence-electron chi connectivity index (χ1n) is 5.78. The number of aromatic nitrogens is 2. The Balaban J connectivity index is 1.84. The lowest BCUT2D eigenvalue weighted by Crippen LogP contribution is -2.22. The molecule has 0 saturated carbocycles. The maximum Gasteiger partial charge on any atom is 0.245 e. The fourth-order valence-corrected chi connectivity index (χ4v) is 2.16. The molecule has 0 atom stereocenters. The molecule has 106 valence electrons. The average molecular weight is 296 g/mol. The Hall–Kier alpha value is -2.06. The Morgan fingerprint density at radius 3 is 2.95 bits per heavy atom. The van der Waals surface area contributed by atoms with Crippen molar-refractivity contribution in [3.8, 4) is 0 Å². The van der Waals surface area contributed by atoms with Gasteiger partial charge in [-0.25, -0.2) is 4.39 Å². The first-order chi connectivity index (χ1) is 9.69. The van der Waals surface area contributed by atoms with Gasteiger partial charge in [-0.2, -0.15) is 0 Å². The number of hydrogen-bond donors (Lipinski definition) is 2. The number of hydrogen-bond acceptors (Lipinski definition) is 6. The quantitative estimate of drug-likeness (QED) is 0.851. The molecular weight excluding hydrogens is 283 g/mol. The molecule has 8 heteroatoms. The van der Waals surface area contributed by atoms with E-state index in [-0.39, 0.29) is 18.1 Å². The monoisotopic (exact) mass is 296 g/mol. The molecule has 0 radical (unpaired) electrons. The highest BCUT2D eigenvalue weighted by Crippen LogP contribution is 2.16. The maximum atomic E-state index is 13.3. The Kier molecular flexibility index (Phi) is 4.97. The standard InChI is InChI=1S/C12H13FN4O2S/c1-19-7-11-16-17-12(20-11)15-10(18)6-14-9-5-3-2-4-8(9)13/h2-5,14H,6-7H2,1H3,(H,15,17,18). The lowest BCUT2D eigenvalue weighted by atomic mass is 10.3. The van der Waals surface area contributed by atoms with Gasteiger partial charge in [0, 0.05) is 7.11 Å². The number of benzene rings is 1. The van der Waals surface area contributed by atoms with Gasteiger partial charge in [-0.3, -0.25) is 10.1 Å². The molecule has 1 heterocycles. The number of ether oxygens (including phenoxy) is 1. The van der Waals surface area contributed by atoms with Crippen LogP contribution in [0.1, 0.15) is 5.01 Å². The highest BCUT2D eigenvalue weighted by molar-refractivity contribution is 7.15. The van der Waals surface area contributed by atoms with E-state index in [0.717, 1.165) is 0 Å². The normalized spacial score (nSPS) is 10.3. The van der Waals surface area contributed by atoms with Gasteiger partial charge in [-0.05, 0) is 12.1 Å². The highest BCUT2D eigenvalue weighted by atomic mass is 32.1. The Morgan fingerprint density at radius 1 is 1.40 bits per heavy atom. The molecule has 1 aromatic heterocycles. The molecule has 0 aliphatic carbocycles. The zero-order chi connectivity index (χ0) is 14.4. The number of carbonyl (C=O) groups is 1. The van der Waals surface area contributed by atoms with Gasteiger partial charge < -0.3 is 10.1 Å². The summed E-state index contributed by atoms with van der Waals surface area (Å²) >= 11 is 1.23. The van der Waals surface area contributed by atoms with Crippen molar-refractivity contribution in [1.82, 2.24) is 10.2 Å². The lowest BCUT2D eigenvalue weighted by Gasteiger charge is -2.06. The number of amides is 1. The third-order valence-electron chi connectivity index (χ3n) is 2.29. The van der Waals surface area contributed by atoms with Gasteiger partial charge in [0.25, 0.3) is 0 Å². The van der Waals surface area contributed by atoms with Crippen molar-refractivity contribution in [3.05, 3.63) is 35.1 Å². The van der Waals surface area contributed by atoms with Gasteiger partial charge >= 0.3 is 0 Å². The molecule has 2 N–H and O–H groups in total. The molecule has 0 aliphatic heterocycles. The van der Waals surface area contributed by atoms with E-state index in [1.807, 2.05) is 0 Å². The summed E-state index contributed by atoms with van der Waals surface area (Å²) in [5.74, 6) is -0.730. The molecule has 0 saturated heterocycles. The van der Waals surface area contributed by atoms with Gasteiger partial charge in [0.1, 0.15) is 17.4 Å². The van der Waals surface area contributed by atoms with Gasteiger partial charge in [-0.1, -0.05) is 23.5 Å². The summed E-state index contributed by atoms with van der Waals surface area (Å²) in [6, 6.07) is 6.15. The molecule has 0 bridgehead atoms. The van der Waals surface area contributed by atoms with Gasteiger partial charge in [0.2, 0.25) is 11.0 Å². The molecule has 1 amide bonds. The van der Waals surface area contributed by atoms with Crippen molar-refractivity contribution >= 4 is 28.1 Å². The van der Waals surface area contributed by atoms with E-state index in [4.69, 9.17) is 4.74 Å². The fraction of sp³-hybridized carbons (Fsp3) is 0.250. The van der Waals surface area contributed by atoms with Gasteiger partial charge in [0.05, 0.1) is 12.2 Å². The molecule has 0 unspecified atom stereocenters. The van der Waals surface area contributed by atoms with Crippen molar-refractivity contribution in [2.45, 2.75) is 6.61 Å². The summed E-state index contributed by atoms with van der Waals surface area (Å²) in [7, 11) is 1.55. The fourth-order valence-electron chi connectivity index (χ4n) is 1.43. The molecule has 2 aromatic rings. The van der Waals surface area contributed by atoms with Crippen LogP contribution in [0.5, 0.6) is 0 Å². The van der Waals surface area contributed by atoms with Crippen LogP contribution in [-0.2, 0) is 16.1 Å². The first-order valence-corrected chi connectivity index (χ1v) is 6.60. The Labute approximate surface area is 119 Å². The molecule has 2 rings (SSSR count). The molecule has 1 aromatic carbocycles. The number of anilines is 2. The summed E-state index contributed by atoms with van der Waals surface area (Å²) in [6.07, 6.45) is 0. The zero-order valence-electron chi connectivity index (χ0n) is 10.7. The molecule has 20 heavy (non-hydrogen) atoms. The van der Waals surface area contributed by atoms with Gasteiger partial charge in [0.15, 0.2) is 0 Å². The summed E-state index contributed by atoms with van der Waals surface area (Å²) in [5.41, 5.74) is 0.278. The summed E-state index contributed by atoms with van der Waals surface area (Å²) in [5, 5.41) is 14.0. The van der Waals surface area contributed by atoms with Crippen LogP contribution >= 0.6 is 11.3 Å². The second-order valence-electron chi connectivity index (χ2n) is 3.82. The second-order valence-corrected chi connectivity index (χ2v) is 4.88. The number of halogens is 1. The third kappa shape index (κ3) is 3.97. The van der Waals surface area contributed by atoms with Crippen molar-refractivity contribution in [2.75, 3.05) is 24.3 Å². The van der Waals surface area contributed by atoms with E-state index in [0.29, 0.717) is 16.7 Å². The van der Waals surface area contributed by atoms with Crippen LogP contribution in [0.25, 0.3) is 0 Å². The number of rotatable bonds is 6. The van der Waals surface area contributed by atoms with Crippen LogP contribution in [0.4, 0.5) is 15.2 Å². The van der Waals surface area contributed by atoms with Crippen LogP contribution < -0.4 is 10.6 Å². The van der Waals surface area contributed by atoms with E-state index in [9.17, 15) is 9.18 Å². The van der Waals surface area contributed by atoms with E-state index < -0.39 is 5.82 Å². The van der Waals surface area contributed by atoms with Crippen molar-refractivity contribution in [1.29, 1.82) is 0 Å².